The predicted octanol–water partition coefficient (Wildman–Crippen LogP) is 7.42. The summed E-state index contributed by atoms with van der Waals surface area (Å²) >= 11 is 3.57. The molecule has 0 radical (unpaired) electrons. The highest BCUT2D eigenvalue weighted by Crippen LogP contribution is 2.34. The lowest BCUT2D eigenvalue weighted by atomic mass is 9.97. The summed E-state index contributed by atoms with van der Waals surface area (Å²) in [5, 5.41) is 2.54. The van der Waals surface area contributed by atoms with Crippen LogP contribution in [0, 0.1) is 0 Å². The third kappa shape index (κ3) is 2.54. The summed E-state index contributed by atoms with van der Waals surface area (Å²) in [7, 11) is 0. The molecule has 26 heavy (non-hydrogen) atoms. The van der Waals surface area contributed by atoms with E-state index in [1.165, 1.54) is 44.1 Å². The second-order valence-electron chi connectivity index (χ2n) is 6.49. The van der Waals surface area contributed by atoms with Gasteiger partial charge in [0.1, 0.15) is 0 Å². The Morgan fingerprint density at radius 3 is 2.15 bits per heavy atom. The highest BCUT2D eigenvalue weighted by molar-refractivity contribution is 9.10. The van der Waals surface area contributed by atoms with Crippen molar-refractivity contribution < 1.29 is 0 Å². The minimum absolute atomic E-state index is 1.10. The highest BCUT2D eigenvalue weighted by Gasteiger charge is 2.10. The average molecular weight is 398 g/mol. The minimum atomic E-state index is 1.10. The first-order valence-electron chi connectivity index (χ1n) is 8.65. The summed E-state index contributed by atoms with van der Waals surface area (Å²) in [4.78, 5) is 3.61. The van der Waals surface area contributed by atoms with E-state index in [0.29, 0.717) is 0 Å². The van der Waals surface area contributed by atoms with Crippen LogP contribution in [0.25, 0.3) is 44.1 Å². The van der Waals surface area contributed by atoms with Crippen molar-refractivity contribution in [1.29, 1.82) is 0 Å². The van der Waals surface area contributed by atoms with E-state index < -0.39 is 0 Å². The maximum absolute atomic E-state index is 3.61. The number of fused-ring (bicyclic) bond motifs is 3. The van der Waals surface area contributed by atoms with Crippen molar-refractivity contribution in [1.82, 2.24) is 4.98 Å². The zero-order valence-corrected chi connectivity index (χ0v) is 15.6. The third-order valence-corrected chi connectivity index (χ3v) is 5.37. The first kappa shape index (κ1) is 15.4. The van der Waals surface area contributed by atoms with Crippen molar-refractivity contribution in [2.45, 2.75) is 0 Å². The first-order chi connectivity index (χ1) is 12.8. The molecule has 2 heteroatoms. The number of benzene rings is 4. The van der Waals surface area contributed by atoms with Crippen LogP contribution in [0.1, 0.15) is 0 Å². The van der Waals surface area contributed by atoms with Gasteiger partial charge in [-0.3, -0.25) is 0 Å². The van der Waals surface area contributed by atoms with Crippen molar-refractivity contribution in [3.05, 3.63) is 95.5 Å². The summed E-state index contributed by atoms with van der Waals surface area (Å²) in [5.41, 5.74) is 7.26. The largest absolute Gasteiger partial charge is 0.354 e. The zero-order valence-electron chi connectivity index (χ0n) is 14.0. The number of H-pyrrole nitrogens is 1. The highest BCUT2D eigenvalue weighted by atomic mass is 79.9. The molecule has 4 aromatic carbocycles. The molecule has 1 nitrogen and oxygen atoms in total. The monoisotopic (exact) mass is 397 g/mol. The van der Waals surface area contributed by atoms with Crippen LogP contribution in [0.5, 0.6) is 0 Å². The van der Waals surface area contributed by atoms with Crippen LogP contribution in [-0.4, -0.2) is 4.98 Å². The number of para-hydroxylation sites is 2. The average Bonchev–Trinajstić information content (AvgIpc) is 3.07. The normalized spacial score (nSPS) is 11.3. The van der Waals surface area contributed by atoms with Gasteiger partial charge >= 0.3 is 0 Å². The van der Waals surface area contributed by atoms with Gasteiger partial charge in [0, 0.05) is 26.3 Å². The summed E-state index contributed by atoms with van der Waals surface area (Å²) in [5.74, 6) is 0. The lowest BCUT2D eigenvalue weighted by Crippen LogP contribution is -1.83. The topological polar surface area (TPSA) is 15.8 Å². The Kier molecular flexibility index (Phi) is 3.65. The van der Waals surface area contributed by atoms with Gasteiger partial charge in [-0.1, -0.05) is 82.7 Å². The van der Waals surface area contributed by atoms with Crippen molar-refractivity contribution >= 4 is 37.7 Å². The lowest BCUT2D eigenvalue weighted by Gasteiger charge is -2.08. The van der Waals surface area contributed by atoms with E-state index in [1.54, 1.807) is 0 Å². The van der Waals surface area contributed by atoms with Crippen LogP contribution in [0.4, 0.5) is 0 Å². The van der Waals surface area contributed by atoms with E-state index in [-0.39, 0.29) is 0 Å². The number of aromatic nitrogens is 1. The van der Waals surface area contributed by atoms with Gasteiger partial charge in [-0.05, 0) is 41.0 Å². The number of halogens is 1. The quantitative estimate of drug-likeness (QED) is 0.319. The zero-order chi connectivity index (χ0) is 17.5. The van der Waals surface area contributed by atoms with Gasteiger partial charge in [0.15, 0.2) is 0 Å². The Bertz CT molecular complexity index is 1250. The Labute approximate surface area is 160 Å². The Balaban J connectivity index is 1.72. The molecule has 0 amide bonds. The maximum atomic E-state index is 3.61. The molecule has 0 aliphatic rings. The fraction of sp³-hybridized carbons (Fsp3) is 0. The molecule has 1 aromatic heterocycles. The second kappa shape index (κ2) is 6.15. The molecular weight excluding hydrogens is 382 g/mol. The van der Waals surface area contributed by atoms with Crippen LogP contribution in [0.15, 0.2) is 95.5 Å². The van der Waals surface area contributed by atoms with Crippen LogP contribution in [0.2, 0.25) is 0 Å². The molecule has 0 saturated heterocycles. The van der Waals surface area contributed by atoms with Gasteiger partial charge in [0.25, 0.3) is 0 Å². The smallest absolute Gasteiger partial charge is 0.0544 e. The molecule has 0 atom stereocenters. The van der Waals surface area contributed by atoms with Gasteiger partial charge in [0.05, 0.1) is 5.52 Å². The molecule has 124 valence electrons. The lowest BCUT2D eigenvalue weighted by molar-refractivity contribution is 1.53. The van der Waals surface area contributed by atoms with Crippen LogP contribution < -0.4 is 0 Å². The van der Waals surface area contributed by atoms with Crippen molar-refractivity contribution in [3.63, 3.8) is 0 Å². The molecule has 0 bridgehead atoms. The third-order valence-electron chi connectivity index (χ3n) is 4.87. The molecule has 5 rings (SSSR count). The van der Waals surface area contributed by atoms with E-state index in [0.717, 1.165) is 4.47 Å². The molecule has 1 heterocycles. The summed E-state index contributed by atoms with van der Waals surface area (Å²) in [6, 6.07) is 32.2. The molecule has 0 aliphatic heterocycles. The first-order valence-corrected chi connectivity index (χ1v) is 9.45. The molecule has 1 N–H and O–H groups in total. The molecule has 5 aromatic rings. The van der Waals surface area contributed by atoms with Crippen molar-refractivity contribution in [2.75, 3.05) is 0 Å². The van der Waals surface area contributed by atoms with E-state index in [4.69, 9.17) is 0 Å². The van der Waals surface area contributed by atoms with E-state index in [2.05, 4.69) is 112 Å². The molecule has 0 aliphatic carbocycles. The Morgan fingerprint density at radius 1 is 0.577 bits per heavy atom. The molecule has 0 saturated carbocycles. The number of rotatable bonds is 2. The van der Waals surface area contributed by atoms with E-state index >= 15 is 0 Å². The van der Waals surface area contributed by atoms with Gasteiger partial charge in [0.2, 0.25) is 0 Å². The maximum Gasteiger partial charge on any atom is 0.0544 e. The molecular formula is C24H16BrN. The minimum Gasteiger partial charge on any atom is -0.354 e. The van der Waals surface area contributed by atoms with Gasteiger partial charge < -0.3 is 4.98 Å². The number of hydrogen-bond donors (Lipinski definition) is 1. The Hall–Kier alpha value is -2.84. The summed E-state index contributed by atoms with van der Waals surface area (Å²) in [6.45, 7) is 0. The standard InChI is InChI=1S/C24H16BrN/c25-19-9-4-7-17(15-19)16-6-3-8-18(14-16)20-11-5-12-22-21-10-1-2-13-23(21)26-24(20)22/h1-15,26H. The van der Waals surface area contributed by atoms with Crippen molar-refractivity contribution in [3.8, 4) is 22.3 Å². The van der Waals surface area contributed by atoms with Crippen LogP contribution >= 0.6 is 15.9 Å². The number of hydrogen-bond acceptors (Lipinski definition) is 0. The molecule has 0 fully saturated rings. The number of aromatic amines is 1. The van der Waals surface area contributed by atoms with E-state index in [9.17, 15) is 0 Å². The van der Waals surface area contributed by atoms with E-state index in [1.807, 2.05) is 0 Å². The fourth-order valence-electron chi connectivity index (χ4n) is 3.65. The van der Waals surface area contributed by atoms with Gasteiger partial charge in [-0.2, -0.15) is 0 Å². The van der Waals surface area contributed by atoms with Crippen LogP contribution in [-0.2, 0) is 0 Å². The predicted molar refractivity (Wildman–Crippen MR) is 114 cm³/mol. The SMILES string of the molecule is Brc1cccc(-c2cccc(-c3cccc4c3[nH]c3ccccc34)c2)c1. The molecule has 0 spiro atoms. The number of nitrogens with one attached hydrogen (secondary N) is 1. The summed E-state index contributed by atoms with van der Waals surface area (Å²) < 4.78 is 1.10. The van der Waals surface area contributed by atoms with Gasteiger partial charge in [-0.25, -0.2) is 0 Å². The Morgan fingerprint density at radius 2 is 1.27 bits per heavy atom. The van der Waals surface area contributed by atoms with Crippen molar-refractivity contribution in [2.24, 2.45) is 0 Å². The fourth-order valence-corrected chi connectivity index (χ4v) is 4.05. The summed E-state index contributed by atoms with van der Waals surface area (Å²) in [6.07, 6.45) is 0. The van der Waals surface area contributed by atoms with Gasteiger partial charge in [-0.15, -0.1) is 0 Å². The molecule has 0 unspecified atom stereocenters. The van der Waals surface area contributed by atoms with Crippen LogP contribution in [0.3, 0.4) is 0 Å². The second-order valence-corrected chi connectivity index (χ2v) is 7.41.